The van der Waals surface area contributed by atoms with Gasteiger partial charge in [-0.15, -0.1) is 0 Å². The van der Waals surface area contributed by atoms with Crippen molar-refractivity contribution in [1.29, 1.82) is 0 Å². The van der Waals surface area contributed by atoms with E-state index in [-0.39, 0.29) is 0 Å². The van der Waals surface area contributed by atoms with Gasteiger partial charge in [-0.25, -0.2) is 0 Å². The van der Waals surface area contributed by atoms with Crippen LogP contribution in [0.5, 0.6) is 0 Å². The maximum Gasteiger partial charge on any atom is 0.0309 e. The van der Waals surface area contributed by atoms with Gasteiger partial charge in [-0.1, -0.05) is 32.6 Å². The summed E-state index contributed by atoms with van der Waals surface area (Å²) in [4.78, 5) is 2.76. The molecule has 2 aliphatic rings. The van der Waals surface area contributed by atoms with Crippen LogP contribution < -0.4 is 5.32 Å². The molecule has 112 valence electrons. The molecule has 0 aromatic rings. The summed E-state index contributed by atoms with van der Waals surface area (Å²) >= 11 is 0. The van der Waals surface area contributed by atoms with Crippen LogP contribution in [0.1, 0.15) is 72.6 Å². The van der Waals surface area contributed by atoms with Crippen molar-refractivity contribution in [2.45, 2.75) is 83.7 Å². The molecule has 1 unspecified atom stereocenters. The topological polar surface area (TPSA) is 15.3 Å². The Balaban J connectivity index is 1.81. The van der Waals surface area contributed by atoms with Gasteiger partial charge in [-0.2, -0.15) is 0 Å². The minimum atomic E-state index is 0.332. The van der Waals surface area contributed by atoms with Gasteiger partial charge in [-0.05, 0) is 52.5 Å². The Morgan fingerprint density at radius 3 is 2.37 bits per heavy atom. The lowest BCUT2D eigenvalue weighted by Crippen LogP contribution is -2.68. The third-order valence-corrected chi connectivity index (χ3v) is 5.31. The first-order valence-corrected chi connectivity index (χ1v) is 8.48. The van der Waals surface area contributed by atoms with Crippen molar-refractivity contribution < 1.29 is 0 Å². The van der Waals surface area contributed by atoms with E-state index >= 15 is 0 Å². The molecular weight excluding hydrogens is 232 g/mol. The lowest BCUT2D eigenvalue weighted by Gasteiger charge is -2.51. The highest BCUT2D eigenvalue weighted by Gasteiger charge is 2.47. The van der Waals surface area contributed by atoms with Gasteiger partial charge < -0.3 is 5.32 Å². The number of nitrogens with one attached hydrogen (secondary N) is 1. The quantitative estimate of drug-likeness (QED) is 0.705. The standard InChI is InChI=1S/C17H34N2/c1-5-6-7-8-9-12-19-14-17(4,15-10-11-15)18-13-16(19,2)3/h15,18H,5-14H2,1-4H3. The number of rotatable bonds is 7. The van der Waals surface area contributed by atoms with Gasteiger partial charge >= 0.3 is 0 Å². The van der Waals surface area contributed by atoms with Crippen LogP contribution in [0.25, 0.3) is 0 Å². The Hall–Kier alpha value is -0.0800. The van der Waals surface area contributed by atoms with Gasteiger partial charge in [0.25, 0.3) is 0 Å². The second-order valence-corrected chi connectivity index (χ2v) is 7.69. The van der Waals surface area contributed by atoms with Gasteiger partial charge in [0.2, 0.25) is 0 Å². The summed E-state index contributed by atoms with van der Waals surface area (Å²) in [5.74, 6) is 0.936. The van der Waals surface area contributed by atoms with Crippen LogP contribution in [0.3, 0.4) is 0 Å². The van der Waals surface area contributed by atoms with E-state index in [1.54, 1.807) is 0 Å². The monoisotopic (exact) mass is 266 g/mol. The summed E-state index contributed by atoms with van der Waals surface area (Å²) < 4.78 is 0. The number of nitrogens with zero attached hydrogens (tertiary/aromatic N) is 1. The normalized spacial score (nSPS) is 31.6. The first kappa shape index (κ1) is 15.3. The van der Waals surface area contributed by atoms with Crippen molar-refractivity contribution in [3.05, 3.63) is 0 Å². The van der Waals surface area contributed by atoms with Crippen LogP contribution in [0.15, 0.2) is 0 Å². The Labute approximate surface area is 120 Å². The van der Waals surface area contributed by atoms with Crippen LogP contribution >= 0.6 is 0 Å². The maximum atomic E-state index is 3.85. The zero-order valence-electron chi connectivity index (χ0n) is 13.6. The summed E-state index contributed by atoms with van der Waals surface area (Å²) in [6, 6.07) is 0. The fourth-order valence-corrected chi connectivity index (χ4v) is 3.48. The summed E-state index contributed by atoms with van der Waals surface area (Å²) in [6.45, 7) is 13.2. The van der Waals surface area contributed by atoms with Crippen LogP contribution in [-0.2, 0) is 0 Å². The Bertz CT molecular complexity index is 283. The first-order chi connectivity index (χ1) is 8.98. The van der Waals surface area contributed by atoms with Crippen molar-refractivity contribution in [3.63, 3.8) is 0 Å². The summed E-state index contributed by atoms with van der Waals surface area (Å²) in [6.07, 6.45) is 9.84. The van der Waals surface area contributed by atoms with Crippen molar-refractivity contribution in [1.82, 2.24) is 10.2 Å². The molecule has 0 bridgehead atoms. The highest BCUT2D eigenvalue weighted by atomic mass is 15.3. The second kappa shape index (κ2) is 6.13. The van der Waals surface area contributed by atoms with E-state index in [1.807, 2.05) is 0 Å². The molecule has 1 N–H and O–H groups in total. The third-order valence-electron chi connectivity index (χ3n) is 5.31. The fraction of sp³-hybridized carbons (Fsp3) is 1.00. The van der Waals surface area contributed by atoms with Crippen LogP contribution in [0, 0.1) is 5.92 Å². The SMILES string of the molecule is CCCCCCCN1CC(C)(C2CC2)NCC1(C)C. The molecule has 2 fully saturated rings. The molecular formula is C17H34N2. The van der Waals surface area contributed by atoms with Crippen LogP contribution in [0.4, 0.5) is 0 Å². The molecule has 2 nitrogen and oxygen atoms in total. The number of piperazine rings is 1. The molecule has 2 rings (SSSR count). The fourth-order valence-electron chi connectivity index (χ4n) is 3.48. The molecule has 1 aliphatic heterocycles. The van der Waals surface area contributed by atoms with Crippen LogP contribution in [-0.4, -0.2) is 35.6 Å². The smallest absolute Gasteiger partial charge is 0.0309 e. The summed E-state index contributed by atoms with van der Waals surface area (Å²) in [7, 11) is 0. The highest BCUT2D eigenvalue weighted by Crippen LogP contribution is 2.42. The lowest BCUT2D eigenvalue weighted by molar-refractivity contribution is 0.0231. The predicted octanol–water partition coefficient (Wildman–Crippen LogP) is 3.81. The number of hydrogen-bond acceptors (Lipinski definition) is 2. The van der Waals surface area contributed by atoms with Gasteiger partial charge in [0.15, 0.2) is 0 Å². The molecule has 0 aromatic heterocycles. The molecule has 0 amide bonds. The molecule has 0 aromatic carbocycles. The third kappa shape index (κ3) is 3.95. The molecule has 0 radical (unpaired) electrons. The van der Waals surface area contributed by atoms with E-state index in [0.29, 0.717) is 11.1 Å². The van der Waals surface area contributed by atoms with Crippen molar-refractivity contribution in [3.8, 4) is 0 Å². The number of unbranched alkanes of at least 4 members (excludes halogenated alkanes) is 4. The summed E-state index contributed by atoms with van der Waals surface area (Å²) in [5.41, 5.74) is 0.720. The molecule has 0 spiro atoms. The predicted molar refractivity (Wildman–Crippen MR) is 83.5 cm³/mol. The molecule has 1 aliphatic carbocycles. The lowest BCUT2D eigenvalue weighted by atomic mass is 9.86. The Kier molecular flexibility index (Phi) is 4.94. The van der Waals surface area contributed by atoms with E-state index < -0.39 is 0 Å². The highest BCUT2D eigenvalue weighted by molar-refractivity contribution is 5.06. The van der Waals surface area contributed by atoms with E-state index in [1.165, 1.54) is 58.0 Å². The molecule has 1 heterocycles. The first-order valence-electron chi connectivity index (χ1n) is 8.48. The minimum absolute atomic E-state index is 0.332. The van der Waals surface area contributed by atoms with Gasteiger partial charge in [0.1, 0.15) is 0 Å². The molecule has 1 saturated heterocycles. The minimum Gasteiger partial charge on any atom is -0.308 e. The summed E-state index contributed by atoms with van der Waals surface area (Å²) in [5, 5.41) is 3.85. The van der Waals surface area contributed by atoms with Crippen molar-refractivity contribution >= 4 is 0 Å². The Morgan fingerprint density at radius 1 is 1.05 bits per heavy atom. The van der Waals surface area contributed by atoms with E-state index in [4.69, 9.17) is 0 Å². The van der Waals surface area contributed by atoms with E-state index in [9.17, 15) is 0 Å². The molecule has 1 saturated carbocycles. The molecule has 1 atom stereocenters. The average molecular weight is 266 g/mol. The van der Waals surface area contributed by atoms with Crippen molar-refractivity contribution in [2.24, 2.45) is 5.92 Å². The molecule has 19 heavy (non-hydrogen) atoms. The van der Waals surface area contributed by atoms with Gasteiger partial charge in [-0.3, -0.25) is 4.90 Å². The Morgan fingerprint density at radius 2 is 1.74 bits per heavy atom. The zero-order chi connectivity index (χ0) is 13.9. The van der Waals surface area contributed by atoms with E-state index in [0.717, 1.165) is 12.5 Å². The van der Waals surface area contributed by atoms with Crippen molar-refractivity contribution in [2.75, 3.05) is 19.6 Å². The van der Waals surface area contributed by atoms with Gasteiger partial charge in [0.05, 0.1) is 0 Å². The van der Waals surface area contributed by atoms with Gasteiger partial charge in [0, 0.05) is 24.2 Å². The van der Waals surface area contributed by atoms with Crippen LogP contribution in [0.2, 0.25) is 0 Å². The molecule has 2 heteroatoms. The maximum absolute atomic E-state index is 3.85. The van der Waals surface area contributed by atoms with E-state index in [2.05, 4.69) is 37.9 Å². The second-order valence-electron chi connectivity index (χ2n) is 7.69. The zero-order valence-corrected chi connectivity index (χ0v) is 13.6. The number of hydrogen-bond donors (Lipinski definition) is 1. The average Bonchev–Trinajstić information content (AvgIpc) is 3.18. The largest absolute Gasteiger partial charge is 0.308 e.